The highest BCUT2D eigenvalue weighted by molar-refractivity contribution is 6.15. The van der Waals surface area contributed by atoms with Gasteiger partial charge in [-0.15, -0.1) is 0 Å². The Hall–Kier alpha value is -2.37. The van der Waals surface area contributed by atoms with Gasteiger partial charge in [-0.05, 0) is 12.1 Å². The molecule has 0 spiro atoms. The number of carbonyl (C=O) groups excluding carboxylic acids is 2. The molecule has 0 bridgehead atoms. The number of nitrogens with two attached hydrogens (primary N) is 1. The molecule has 1 aliphatic heterocycles. The van der Waals surface area contributed by atoms with E-state index in [0.717, 1.165) is 6.08 Å². The van der Waals surface area contributed by atoms with Gasteiger partial charge in [0.25, 0.3) is 5.91 Å². The molecule has 0 radical (unpaired) electrons. The summed E-state index contributed by atoms with van der Waals surface area (Å²) in [5, 5.41) is 2.26. The number of rotatable bonds is 2. The van der Waals surface area contributed by atoms with Crippen molar-refractivity contribution < 1.29 is 14.0 Å². The second-order valence-corrected chi connectivity index (χ2v) is 2.82. The number of nitrogens with zero attached hydrogens (tertiary/aromatic N) is 1. The van der Waals surface area contributed by atoms with E-state index in [2.05, 4.69) is 10.3 Å². The zero-order valence-electron chi connectivity index (χ0n) is 7.56. The lowest BCUT2D eigenvalue weighted by molar-refractivity contribution is -0.115. The lowest BCUT2D eigenvalue weighted by Crippen LogP contribution is -2.30. The van der Waals surface area contributed by atoms with Crippen molar-refractivity contribution >= 4 is 17.6 Å². The number of hydrogen-bond donors (Lipinski definition) is 2. The SMILES string of the molecule is NC1=NC(=CC(=O)c2ccco2)C(=O)N1. The van der Waals surface area contributed by atoms with Gasteiger partial charge in [0.2, 0.25) is 11.7 Å². The van der Waals surface area contributed by atoms with Gasteiger partial charge >= 0.3 is 0 Å². The van der Waals surface area contributed by atoms with E-state index in [9.17, 15) is 9.59 Å². The van der Waals surface area contributed by atoms with Crippen LogP contribution in [0.25, 0.3) is 0 Å². The summed E-state index contributed by atoms with van der Waals surface area (Å²) in [6, 6.07) is 3.08. The normalized spacial score (nSPS) is 17.7. The van der Waals surface area contributed by atoms with E-state index in [-0.39, 0.29) is 17.4 Å². The topological polar surface area (TPSA) is 97.7 Å². The first-order chi connectivity index (χ1) is 7.16. The van der Waals surface area contributed by atoms with Gasteiger partial charge in [-0.25, -0.2) is 4.99 Å². The fourth-order valence-corrected chi connectivity index (χ4v) is 1.10. The molecule has 0 atom stereocenters. The molecule has 0 saturated carbocycles. The van der Waals surface area contributed by atoms with Gasteiger partial charge in [-0.2, -0.15) is 0 Å². The number of carbonyl (C=O) groups is 2. The van der Waals surface area contributed by atoms with Crippen LogP contribution in [-0.2, 0) is 4.79 Å². The maximum atomic E-state index is 11.5. The first-order valence-corrected chi connectivity index (χ1v) is 4.12. The Labute approximate surface area is 84.5 Å². The van der Waals surface area contributed by atoms with Gasteiger partial charge in [-0.3, -0.25) is 14.9 Å². The van der Waals surface area contributed by atoms with E-state index in [1.165, 1.54) is 12.3 Å². The number of nitrogens with one attached hydrogen (secondary N) is 1. The number of guanidine groups is 1. The highest BCUT2D eigenvalue weighted by Crippen LogP contribution is 2.08. The standard InChI is InChI=1S/C9H7N3O3/c10-9-11-5(8(14)12-9)4-6(13)7-2-1-3-15-7/h1-4H,(H3,10,11,12,14). The van der Waals surface area contributed by atoms with Crippen molar-refractivity contribution in [3.05, 3.63) is 35.9 Å². The summed E-state index contributed by atoms with van der Waals surface area (Å²) in [6.45, 7) is 0. The van der Waals surface area contributed by atoms with Gasteiger partial charge in [0.15, 0.2) is 5.76 Å². The second-order valence-electron chi connectivity index (χ2n) is 2.82. The third-order valence-electron chi connectivity index (χ3n) is 1.75. The van der Waals surface area contributed by atoms with Gasteiger partial charge in [-0.1, -0.05) is 0 Å². The van der Waals surface area contributed by atoms with Crippen LogP contribution in [-0.4, -0.2) is 17.6 Å². The molecule has 76 valence electrons. The molecule has 6 nitrogen and oxygen atoms in total. The van der Waals surface area contributed by atoms with Crippen LogP contribution in [0.5, 0.6) is 0 Å². The zero-order chi connectivity index (χ0) is 10.8. The van der Waals surface area contributed by atoms with Crippen molar-refractivity contribution in [2.24, 2.45) is 10.7 Å². The number of ketones is 1. The molecule has 0 aromatic carbocycles. The van der Waals surface area contributed by atoms with E-state index < -0.39 is 11.7 Å². The van der Waals surface area contributed by atoms with Gasteiger partial charge in [0.1, 0.15) is 5.70 Å². The Morgan fingerprint density at radius 2 is 2.40 bits per heavy atom. The second kappa shape index (κ2) is 3.41. The van der Waals surface area contributed by atoms with Crippen LogP contribution in [0, 0.1) is 0 Å². The number of furan rings is 1. The van der Waals surface area contributed by atoms with E-state index in [4.69, 9.17) is 10.2 Å². The van der Waals surface area contributed by atoms with E-state index in [1.807, 2.05) is 0 Å². The molecular formula is C9H7N3O3. The van der Waals surface area contributed by atoms with Crippen LogP contribution in [0.2, 0.25) is 0 Å². The summed E-state index contributed by atoms with van der Waals surface area (Å²) in [5.74, 6) is -0.787. The van der Waals surface area contributed by atoms with Crippen LogP contribution in [0.1, 0.15) is 10.6 Å². The van der Waals surface area contributed by atoms with Crippen molar-refractivity contribution in [2.75, 3.05) is 0 Å². The number of aliphatic imine (C=N–C) groups is 1. The molecule has 2 rings (SSSR count). The molecule has 1 aliphatic rings. The fourth-order valence-electron chi connectivity index (χ4n) is 1.10. The molecule has 15 heavy (non-hydrogen) atoms. The molecule has 0 fully saturated rings. The molecule has 1 aromatic heterocycles. The number of allylic oxidation sites excluding steroid dienone is 1. The molecule has 2 heterocycles. The summed E-state index contributed by atoms with van der Waals surface area (Å²) in [5.41, 5.74) is 5.23. The minimum absolute atomic E-state index is 0.0153. The molecule has 0 aliphatic carbocycles. The van der Waals surface area contributed by atoms with Crippen molar-refractivity contribution in [1.82, 2.24) is 5.32 Å². The molecule has 3 N–H and O–H groups in total. The van der Waals surface area contributed by atoms with Crippen molar-refractivity contribution in [3.63, 3.8) is 0 Å². The predicted molar refractivity (Wildman–Crippen MR) is 50.9 cm³/mol. The van der Waals surface area contributed by atoms with Crippen molar-refractivity contribution in [3.8, 4) is 0 Å². The highest BCUT2D eigenvalue weighted by atomic mass is 16.3. The molecule has 1 aromatic rings. The predicted octanol–water partition coefficient (Wildman–Crippen LogP) is -0.209. The van der Waals surface area contributed by atoms with Crippen LogP contribution < -0.4 is 11.1 Å². The van der Waals surface area contributed by atoms with Crippen LogP contribution >= 0.6 is 0 Å². The molecule has 0 saturated heterocycles. The Morgan fingerprint density at radius 3 is 2.93 bits per heavy atom. The molecule has 0 unspecified atom stereocenters. The van der Waals surface area contributed by atoms with Crippen LogP contribution in [0.3, 0.4) is 0 Å². The quantitative estimate of drug-likeness (QED) is 0.515. The Morgan fingerprint density at radius 1 is 1.60 bits per heavy atom. The average Bonchev–Trinajstić information content (AvgIpc) is 2.76. The molecular weight excluding hydrogens is 198 g/mol. The van der Waals surface area contributed by atoms with Gasteiger partial charge in [0, 0.05) is 6.08 Å². The minimum Gasteiger partial charge on any atom is -0.461 e. The number of amides is 1. The Bertz CT molecular complexity index is 471. The lowest BCUT2D eigenvalue weighted by atomic mass is 10.2. The van der Waals surface area contributed by atoms with Crippen molar-refractivity contribution in [1.29, 1.82) is 0 Å². The average molecular weight is 205 g/mol. The zero-order valence-corrected chi connectivity index (χ0v) is 7.56. The third kappa shape index (κ3) is 1.78. The summed E-state index contributed by atoms with van der Waals surface area (Å²) >= 11 is 0. The van der Waals surface area contributed by atoms with Crippen LogP contribution in [0.4, 0.5) is 0 Å². The number of hydrogen-bond acceptors (Lipinski definition) is 5. The summed E-state index contributed by atoms with van der Waals surface area (Å²) in [7, 11) is 0. The Kier molecular flexibility index (Phi) is 2.09. The molecule has 1 amide bonds. The summed E-state index contributed by atoms with van der Waals surface area (Å²) in [6.07, 6.45) is 2.45. The fraction of sp³-hybridized carbons (Fsp3) is 0. The van der Waals surface area contributed by atoms with Crippen molar-refractivity contribution in [2.45, 2.75) is 0 Å². The highest BCUT2D eigenvalue weighted by Gasteiger charge is 2.19. The first-order valence-electron chi connectivity index (χ1n) is 4.12. The summed E-state index contributed by atoms with van der Waals surface area (Å²) in [4.78, 5) is 26.2. The van der Waals surface area contributed by atoms with E-state index in [1.54, 1.807) is 6.07 Å². The van der Waals surface area contributed by atoms with E-state index >= 15 is 0 Å². The maximum Gasteiger partial charge on any atom is 0.276 e. The maximum absolute atomic E-state index is 11.5. The largest absolute Gasteiger partial charge is 0.461 e. The van der Waals surface area contributed by atoms with Crippen LogP contribution in [0.15, 0.2) is 39.6 Å². The molecule has 6 heteroatoms. The van der Waals surface area contributed by atoms with Gasteiger partial charge < -0.3 is 10.2 Å². The monoisotopic (exact) mass is 205 g/mol. The third-order valence-corrected chi connectivity index (χ3v) is 1.75. The minimum atomic E-state index is -0.493. The first kappa shape index (κ1) is 9.20. The van der Waals surface area contributed by atoms with E-state index in [0.29, 0.717) is 0 Å². The Balaban J connectivity index is 2.25. The lowest BCUT2D eigenvalue weighted by Gasteiger charge is -1.90. The smallest absolute Gasteiger partial charge is 0.276 e. The summed E-state index contributed by atoms with van der Waals surface area (Å²) < 4.78 is 4.86. The van der Waals surface area contributed by atoms with Gasteiger partial charge in [0.05, 0.1) is 6.26 Å².